The molecular weight excluding hydrogens is 200 g/mol. The van der Waals surface area contributed by atoms with Crippen LogP contribution in [-0.4, -0.2) is 22.9 Å². The van der Waals surface area contributed by atoms with E-state index in [1.165, 1.54) is 0 Å². The van der Waals surface area contributed by atoms with Crippen LogP contribution in [0.3, 0.4) is 0 Å². The van der Waals surface area contributed by atoms with Gasteiger partial charge in [-0.2, -0.15) is 13.4 Å². The van der Waals surface area contributed by atoms with Crippen LogP contribution in [0.1, 0.15) is 0 Å². The highest BCUT2D eigenvalue weighted by atomic mass is 32.2. The Balaban J connectivity index is 3.67. The van der Waals surface area contributed by atoms with Gasteiger partial charge in [0.05, 0.1) is 0 Å². The average Bonchev–Trinajstić information content (AvgIpc) is 1.78. The first kappa shape index (κ1) is 9.48. The predicted octanol–water partition coefficient (Wildman–Crippen LogP) is -1.82. The smallest absolute Gasteiger partial charge is 0.303 e. The largest absolute Gasteiger partial charge is 0.382 e. The third kappa shape index (κ3) is 1.76. The zero-order valence-corrected chi connectivity index (χ0v) is 7.00. The highest BCUT2D eigenvalue weighted by Crippen LogP contribution is 2.09. The number of rotatable bonds is 1. The van der Waals surface area contributed by atoms with Crippen LogP contribution < -0.4 is 17.0 Å². The lowest BCUT2D eigenvalue weighted by atomic mass is 10.6. The lowest BCUT2D eigenvalue weighted by Crippen LogP contribution is -2.22. The van der Waals surface area contributed by atoms with E-state index >= 15 is 0 Å². The summed E-state index contributed by atoms with van der Waals surface area (Å²) in [4.78, 5) is 15.1. The molecule has 72 valence electrons. The minimum atomic E-state index is -4.67. The molecule has 0 saturated carbocycles. The van der Waals surface area contributed by atoms with E-state index < -0.39 is 26.4 Å². The topological polar surface area (TPSA) is 152 Å². The Bertz CT molecular complexity index is 489. The van der Waals surface area contributed by atoms with Crippen molar-refractivity contribution < 1.29 is 13.0 Å². The Morgan fingerprint density at radius 2 is 1.92 bits per heavy atom. The summed E-state index contributed by atoms with van der Waals surface area (Å²) in [5.74, 6) is -0.960. The van der Waals surface area contributed by atoms with Crippen LogP contribution in [0, 0.1) is 0 Å². The van der Waals surface area contributed by atoms with Gasteiger partial charge in [0, 0.05) is 0 Å². The number of aromatic amines is 1. The van der Waals surface area contributed by atoms with Crippen LogP contribution in [0.15, 0.2) is 9.69 Å². The van der Waals surface area contributed by atoms with Gasteiger partial charge in [0.2, 0.25) is 10.8 Å². The number of nitrogens with one attached hydrogen (secondary N) is 1. The summed E-state index contributed by atoms with van der Waals surface area (Å²) in [7, 11) is -4.67. The molecule has 0 bridgehead atoms. The van der Waals surface area contributed by atoms with Gasteiger partial charge in [-0.15, -0.1) is 0 Å². The van der Waals surface area contributed by atoms with Crippen molar-refractivity contribution >= 4 is 21.9 Å². The standard InChI is InChI=1S/C4H6N4O4S/c5-2-1(13(10,11)12)3(9)8-4(6)7-2/h(H,10,11,12)(H5,5,6,7,8,9). The van der Waals surface area contributed by atoms with Gasteiger partial charge < -0.3 is 11.5 Å². The summed E-state index contributed by atoms with van der Waals surface area (Å²) in [6, 6.07) is 0. The van der Waals surface area contributed by atoms with Crippen molar-refractivity contribution in [1.82, 2.24) is 9.97 Å². The molecule has 1 heterocycles. The second-order valence-corrected chi connectivity index (χ2v) is 3.50. The molecule has 8 nitrogen and oxygen atoms in total. The number of anilines is 2. The minimum Gasteiger partial charge on any atom is -0.382 e. The fraction of sp³-hybridized carbons (Fsp3) is 0. The number of H-pyrrole nitrogens is 1. The zero-order chi connectivity index (χ0) is 10.2. The van der Waals surface area contributed by atoms with Gasteiger partial charge >= 0.3 is 10.1 Å². The maximum Gasteiger partial charge on any atom is 0.303 e. The molecule has 0 spiro atoms. The van der Waals surface area contributed by atoms with Crippen molar-refractivity contribution in [3.05, 3.63) is 10.4 Å². The van der Waals surface area contributed by atoms with Crippen molar-refractivity contribution in [2.75, 3.05) is 11.5 Å². The van der Waals surface area contributed by atoms with E-state index in [-0.39, 0.29) is 5.95 Å². The van der Waals surface area contributed by atoms with Crippen LogP contribution >= 0.6 is 0 Å². The van der Waals surface area contributed by atoms with E-state index in [2.05, 4.69) is 4.98 Å². The molecule has 1 aromatic heterocycles. The third-order valence-electron chi connectivity index (χ3n) is 1.18. The lowest BCUT2D eigenvalue weighted by Gasteiger charge is -2.00. The Kier molecular flexibility index (Phi) is 1.97. The molecule has 0 aliphatic rings. The van der Waals surface area contributed by atoms with Crippen molar-refractivity contribution in [3.8, 4) is 0 Å². The molecule has 9 heteroatoms. The van der Waals surface area contributed by atoms with Crippen molar-refractivity contribution in [3.63, 3.8) is 0 Å². The Morgan fingerprint density at radius 1 is 1.38 bits per heavy atom. The first-order valence-electron chi connectivity index (χ1n) is 2.95. The number of nitrogens with two attached hydrogens (primary N) is 2. The Morgan fingerprint density at radius 3 is 2.31 bits per heavy atom. The molecule has 6 N–H and O–H groups in total. The molecule has 0 saturated heterocycles. The first-order chi connectivity index (χ1) is 5.82. The Hall–Kier alpha value is -1.61. The molecule has 0 aliphatic carbocycles. The van der Waals surface area contributed by atoms with Gasteiger partial charge in [0.25, 0.3) is 5.56 Å². The van der Waals surface area contributed by atoms with Gasteiger partial charge in [-0.1, -0.05) is 0 Å². The fourth-order valence-corrected chi connectivity index (χ4v) is 1.34. The van der Waals surface area contributed by atoms with Crippen molar-refractivity contribution in [1.29, 1.82) is 0 Å². The summed E-state index contributed by atoms with van der Waals surface area (Å²) in [5, 5.41) is 0. The van der Waals surface area contributed by atoms with Gasteiger partial charge in [-0.25, -0.2) is 0 Å². The number of hydrogen-bond donors (Lipinski definition) is 4. The molecule has 0 unspecified atom stereocenters. The molecular formula is C4H6N4O4S. The normalized spacial score (nSPS) is 11.5. The van der Waals surface area contributed by atoms with Gasteiger partial charge in [-0.05, 0) is 0 Å². The van der Waals surface area contributed by atoms with Crippen LogP contribution in [0.2, 0.25) is 0 Å². The van der Waals surface area contributed by atoms with E-state index in [4.69, 9.17) is 16.0 Å². The molecule has 0 aromatic carbocycles. The lowest BCUT2D eigenvalue weighted by molar-refractivity contribution is 0.482. The molecule has 1 aromatic rings. The van der Waals surface area contributed by atoms with Crippen LogP contribution in [0.4, 0.5) is 11.8 Å². The second kappa shape index (κ2) is 2.71. The monoisotopic (exact) mass is 206 g/mol. The fourth-order valence-electron chi connectivity index (χ4n) is 0.747. The molecule has 0 atom stereocenters. The third-order valence-corrected chi connectivity index (χ3v) is 2.09. The van der Waals surface area contributed by atoms with E-state index in [9.17, 15) is 13.2 Å². The van der Waals surface area contributed by atoms with Gasteiger partial charge in [0.1, 0.15) is 0 Å². The van der Waals surface area contributed by atoms with E-state index in [0.717, 1.165) is 0 Å². The minimum absolute atomic E-state index is 0.324. The predicted molar refractivity (Wildman–Crippen MR) is 43.5 cm³/mol. The van der Waals surface area contributed by atoms with Crippen molar-refractivity contribution in [2.24, 2.45) is 0 Å². The van der Waals surface area contributed by atoms with E-state index in [1.54, 1.807) is 0 Å². The summed E-state index contributed by atoms with van der Waals surface area (Å²) >= 11 is 0. The molecule has 0 fully saturated rings. The maximum atomic E-state index is 10.9. The molecule has 1 rings (SSSR count). The number of hydrogen-bond acceptors (Lipinski definition) is 6. The SMILES string of the molecule is Nc1nc(N)c(S(=O)(=O)O)c(=O)[nH]1. The van der Waals surface area contributed by atoms with Crippen LogP contribution in [-0.2, 0) is 10.1 Å². The number of nitrogens with zero attached hydrogens (tertiary/aromatic N) is 1. The first-order valence-corrected chi connectivity index (χ1v) is 4.39. The molecule has 0 amide bonds. The van der Waals surface area contributed by atoms with Gasteiger partial charge in [0.15, 0.2) is 5.82 Å². The van der Waals surface area contributed by atoms with Gasteiger partial charge in [-0.3, -0.25) is 14.3 Å². The molecule has 0 radical (unpaired) electrons. The number of nitrogen functional groups attached to an aromatic ring is 2. The quantitative estimate of drug-likeness (QED) is 0.394. The highest BCUT2D eigenvalue weighted by Gasteiger charge is 2.20. The van der Waals surface area contributed by atoms with E-state index in [0.29, 0.717) is 0 Å². The maximum absolute atomic E-state index is 10.9. The summed E-state index contributed by atoms with van der Waals surface area (Å²) in [5.41, 5.74) is 9.00. The van der Waals surface area contributed by atoms with Crippen LogP contribution in [0.5, 0.6) is 0 Å². The molecule has 0 aliphatic heterocycles. The summed E-state index contributed by atoms with van der Waals surface area (Å²) < 4.78 is 29.7. The van der Waals surface area contributed by atoms with E-state index in [1.807, 2.05) is 4.98 Å². The summed E-state index contributed by atoms with van der Waals surface area (Å²) in [6.07, 6.45) is 0. The summed E-state index contributed by atoms with van der Waals surface area (Å²) in [6.45, 7) is 0. The van der Waals surface area contributed by atoms with Crippen LogP contribution in [0.25, 0.3) is 0 Å². The zero-order valence-electron chi connectivity index (χ0n) is 6.18. The second-order valence-electron chi connectivity index (χ2n) is 2.14. The van der Waals surface area contributed by atoms with Crippen molar-refractivity contribution in [2.45, 2.75) is 4.90 Å². The Labute approximate surface area is 72.3 Å². The highest BCUT2D eigenvalue weighted by molar-refractivity contribution is 7.86. The average molecular weight is 206 g/mol. The molecule has 13 heavy (non-hydrogen) atoms. The number of aromatic nitrogens is 2.